The lowest BCUT2D eigenvalue weighted by Gasteiger charge is -2.11. The van der Waals surface area contributed by atoms with Crippen molar-refractivity contribution < 1.29 is 23.9 Å². The molecule has 1 aromatic carbocycles. The molecule has 1 N–H and O–H groups in total. The SMILES string of the molecule is CCC(C(C)=O)C(=O)NCCc1ccccc1.CCOC(=O)C(CC)C(C)=O. The van der Waals surface area contributed by atoms with Crippen LogP contribution in [0.3, 0.4) is 0 Å². The third kappa shape index (κ3) is 10.00. The number of carbonyl (C=O) groups excluding carboxylic acids is 4. The zero-order chi connectivity index (χ0) is 21.5. The maximum Gasteiger partial charge on any atom is 0.316 e. The zero-order valence-corrected chi connectivity index (χ0v) is 17.6. The Balaban J connectivity index is 0.000000576. The number of amides is 1. The van der Waals surface area contributed by atoms with Crippen molar-refractivity contribution in [3.63, 3.8) is 0 Å². The summed E-state index contributed by atoms with van der Waals surface area (Å²) in [5.74, 6) is -1.80. The fraction of sp³-hybridized carbons (Fsp3) is 0.545. The van der Waals surface area contributed by atoms with Gasteiger partial charge in [-0.25, -0.2) is 0 Å². The molecule has 0 aliphatic rings. The molecule has 6 nitrogen and oxygen atoms in total. The van der Waals surface area contributed by atoms with Gasteiger partial charge in [0.05, 0.1) is 12.5 Å². The van der Waals surface area contributed by atoms with Gasteiger partial charge in [0.15, 0.2) is 0 Å². The minimum atomic E-state index is -0.560. The highest BCUT2D eigenvalue weighted by molar-refractivity contribution is 6.00. The van der Waals surface area contributed by atoms with Crippen LogP contribution in [-0.2, 0) is 30.3 Å². The molecule has 0 saturated heterocycles. The minimum absolute atomic E-state index is 0.0651. The molecule has 2 atom stereocenters. The largest absolute Gasteiger partial charge is 0.465 e. The first-order valence-electron chi connectivity index (χ1n) is 9.77. The molecule has 2 unspecified atom stereocenters. The summed E-state index contributed by atoms with van der Waals surface area (Å²) in [7, 11) is 0. The third-order valence-corrected chi connectivity index (χ3v) is 4.24. The first kappa shape index (κ1) is 25.5. The van der Waals surface area contributed by atoms with Crippen LogP contribution >= 0.6 is 0 Å². The van der Waals surface area contributed by atoms with Gasteiger partial charge >= 0.3 is 5.97 Å². The van der Waals surface area contributed by atoms with Crippen LogP contribution in [0.25, 0.3) is 0 Å². The first-order valence-corrected chi connectivity index (χ1v) is 9.77. The second kappa shape index (κ2) is 14.5. The fourth-order valence-corrected chi connectivity index (χ4v) is 2.62. The van der Waals surface area contributed by atoms with Crippen LogP contribution in [0.5, 0.6) is 0 Å². The number of benzene rings is 1. The van der Waals surface area contributed by atoms with Gasteiger partial charge in [0, 0.05) is 6.54 Å². The van der Waals surface area contributed by atoms with Gasteiger partial charge in [0.1, 0.15) is 17.5 Å². The molecule has 1 aromatic rings. The summed E-state index contributed by atoms with van der Waals surface area (Å²) in [6.45, 7) is 9.15. The Morgan fingerprint density at radius 3 is 1.86 bits per heavy atom. The smallest absolute Gasteiger partial charge is 0.316 e. The second-order valence-corrected chi connectivity index (χ2v) is 6.42. The topological polar surface area (TPSA) is 89.5 Å². The molecule has 0 fully saturated rings. The predicted molar refractivity (Wildman–Crippen MR) is 109 cm³/mol. The third-order valence-electron chi connectivity index (χ3n) is 4.24. The maximum absolute atomic E-state index is 11.7. The molecule has 0 aliphatic heterocycles. The standard InChI is InChI=1S/C14H19NO2.C8H14O3/c1-3-13(11(2)16)14(17)15-10-9-12-7-5-4-6-8-12;1-4-7(6(3)9)8(10)11-5-2/h4-8,13H,3,9-10H2,1-2H3,(H,15,17);7H,4-5H2,1-3H3. The number of carbonyl (C=O) groups is 4. The number of hydrogen-bond donors (Lipinski definition) is 1. The van der Waals surface area contributed by atoms with Crippen molar-refractivity contribution in [3.8, 4) is 0 Å². The molecule has 156 valence electrons. The van der Waals surface area contributed by atoms with Gasteiger partial charge in [-0.3, -0.25) is 19.2 Å². The molecule has 1 rings (SSSR count). The van der Waals surface area contributed by atoms with Crippen molar-refractivity contribution in [2.24, 2.45) is 11.8 Å². The fourth-order valence-electron chi connectivity index (χ4n) is 2.62. The normalized spacial score (nSPS) is 12.0. The van der Waals surface area contributed by atoms with Crippen LogP contribution in [0.1, 0.15) is 53.0 Å². The van der Waals surface area contributed by atoms with Crippen molar-refractivity contribution in [1.29, 1.82) is 0 Å². The summed E-state index contributed by atoms with van der Waals surface area (Å²) >= 11 is 0. The minimum Gasteiger partial charge on any atom is -0.465 e. The highest BCUT2D eigenvalue weighted by Crippen LogP contribution is 2.06. The van der Waals surface area contributed by atoms with E-state index < -0.39 is 17.8 Å². The van der Waals surface area contributed by atoms with Crippen molar-refractivity contribution in [1.82, 2.24) is 5.32 Å². The quantitative estimate of drug-likeness (QED) is 0.489. The Morgan fingerprint density at radius 1 is 0.893 bits per heavy atom. The van der Waals surface area contributed by atoms with Gasteiger partial charge in [0.2, 0.25) is 5.91 Å². The van der Waals surface area contributed by atoms with Gasteiger partial charge in [-0.2, -0.15) is 0 Å². The molecule has 1 amide bonds. The average molecular weight is 392 g/mol. The number of esters is 1. The molecule has 0 bridgehead atoms. The zero-order valence-electron chi connectivity index (χ0n) is 17.6. The van der Waals surface area contributed by atoms with Crippen molar-refractivity contribution >= 4 is 23.4 Å². The van der Waals surface area contributed by atoms with E-state index in [1.54, 1.807) is 13.8 Å². The van der Waals surface area contributed by atoms with Crippen molar-refractivity contribution in [3.05, 3.63) is 35.9 Å². The van der Waals surface area contributed by atoms with Crippen LogP contribution in [0.2, 0.25) is 0 Å². The van der Waals surface area contributed by atoms with E-state index in [-0.39, 0.29) is 17.5 Å². The summed E-state index contributed by atoms with van der Waals surface area (Å²) in [5.41, 5.74) is 1.18. The van der Waals surface area contributed by atoms with E-state index in [9.17, 15) is 19.2 Å². The van der Waals surface area contributed by atoms with E-state index in [4.69, 9.17) is 4.74 Å². The van der Waals surface area contributed by atoms with Gasteiger partial charge in [-0.1, -0.05) is 44.2 Å². The lowest BCUT2D eigenvalue weighted by Crippen LogP contribution is -2.35. The molecule has 0 spiro atoms. The maximum atomic E-state index is 11.7. The van der Waals surface area contributed by atoms with Crippen LogP contribution in [0.4, 0.5) is 0 Å². The Bertz CT molecular complexity index is 627. The Hall–Kier alpha value is -2.50. The van der Waals surface area contributed by atoms with Gasteiger partial charge in [-0.15, -0.1) is 0 Å². The molecule has 0 aromatic heterocycles. The van der Waals surface area contributed by atoms with Crippen molar-refractivity contribution in [2.75, 3.05) is 13.2 Å². The van der Waals surface area contributed by atoms with Crippen LogP contribution in [-0.4, -0.2) is 36.6 Å². The van der Waals surface area contributed by atoms with E-state index >= 15 is 0 Å². The Morgan fingerprint density at radius 2 is 1.43 bits per heavy atom. The van der Waals surface area contributed by atoms with Crippen molar-refractivity contribution in [2.45, 2.75) is 53.9 Å². The van der Waals surface area contributed by atoms with E-state index in [1.807, 2.05) is 37.3 Å². The molecule has 0 aliphatic carbocycles. The highest BCUT2D eigenvalue weighted by atomic mass is 16.5. The molecule has 0 saturated carbocycles. The van der Waals surface area contributed by atoms with E-state index in [0.717, 1.165) is 6.42 Å². The number of ketones is 2. The monoisotopic (exact) mass is 391 g/mol. The predicted octanol–water partition coefficient (Wildman–Crippen LogP) is 3.13. The van der Waals surface area contributed by atoms with E-state index in [1.165, 1.54) is 19.4 Å². The number of ether oxygens (including phenoxy) is 1. The van der Waals surface area contributed by atoms with Crippen LogP contribution < -0.4 is 5.32 Å². The van der Waals surface area contributed by atoms with Gasteiger partial charge in [0.25, 0.3) is 0 Å². The summed E-state index contributed by atoms with van der Waals surface area (Å²) < 4.78 is 4.70. The molecule has 0 radical (unpaired) electrons. The summed E-state index contributed by atoms with van der Waals surface area (Å²) in [6, 6.07) is 9.96. The molecular weight excluding hydrogens is 358 g/mol. The average Bonchev–Trinajstić information content (AvgIpc) is 2.64. The second-order valence-electron chi connectivity index (χ2n) is 6.42. The molecule has 6 heteroatoms. The first-order chi connectivity index (χ1) is 13.3. The number of rotatable bonds is 10. The van der Waals surface area contributed by atoms with Gasteiger partial charge < -0.3 is 10.1 Å². The number of Topliss-reactive ketones (excluding diaryl/α,β-unsaturated/α-hetero) is 2. The van der Waals surface area contributed by atoms with Crippen LogP contribution in [0, 0.1) is 11.8 Å². The molecule has 28 heavy (non-hydrogen) atoms. The summed E-state index contributed by atoms with van der Waals surface area (Å²) in [6.07, 6.45) is 1.88. The highest BCUT2D eigenvalue weighted by Gasteiger charge is 2.22. The number of nitrogens with one attached hydrogen (secondary N) is 1. The Kier molecular flexibility index (Phi) is 13.2. The van der Waals surface area contributed by atoms with E-state index in [0.29, 0.717) is 26.0 Å². The molecular formula is C22H33NO5. The van der Waals surface area contributed by atoms with Crippen LogP contribution in [0.15, 0.2) is 30.3 Å². The lowest BCUT2D eigenvalue weighted by molar-refractivity contribution is -0.151. The number of hydrogen-bond acceptors (Lipinski definition) is 5. The van der Waals surface area contributed by atoms with Gasteiger partial charge in [-0.05, 0) is 45.6 Å². The summed E-state index contributed by atoms with van der Waals surface area (Å²) in [5, 5.41) is 2.80. The summed E-state index contributed by atoms with van der Waals surface area (Å²) in [4.78, 5) is 44.6. The van der Waals surface area contributed by atoms with E-state index in [2.05, 4.69) is 5.32 Å². The molecule has 0 heterocycles. The lowest BCUT2D eigenvalue weighted by atomic mass is 10.0. The Labute approximate surface area is 168 Å².